The van der Waals surface area contributed by atoms with Gasteiger partial charge in [-0.2, -0.15) is 0 Å². The van der Waals surface area contributed by atoms with Crippen molar-refractivity contribution in [3.8, 4) is 0 Å². The molecule has 0 radical (unpaired) electrons. The van der Waals surface area contributed by atoms with Crippen molar-refractivity contribution in [3.63, 3.8) is 0 Å². The van der Waals surface area contributed by atoms with Crippen molar-refractivity contribution in [3.05, 3.63) is 25.3 Å². The Morgan fingerprint density at radius 2 is 1.58 bits per heavy atom. The minimum Gasteiger partial charge on any atom is -0.480 e. The molecule has 0 heterocycles. The molecule has 0 rings (SSSR count). The molecule has 0 bridgehead atoms. The summed E-state index contributed by atoms with van der Waals surface area (Å²) in [6, 6.07) is 0. The summed E-state index contributed by atoms with van der Waals surface area (Å²) in [5.74, 6) is -1.07. The van der Waals surface area contributed by atoms with E-state index in [2.05, 4.69) is 13.2 Å². The van der Waals surface area contributed by atoms with Gasteiger partial charge in [-0.05, 0) is 20.8 Å². The summed E-state index contributed by atoms with van der Waals surface area (Å²) in [5.41, 5.74) is -0.387. The van der Waals surface area contributed by atoms with Gasteiger partial charge in [0.2, 0.25) is 5.91 Å². The first kappa shape index (κ1) is 17.4. The highest BCUT2D eigenvalue weighted by Gasteiger charge is 2.27. The molecule has 19 heavy (non-hydrogen) atoms. The van der Waals surface area contributed by atoms with Crippen LogP contribution in [-0.2, 0) is 9.59 Å². The molecule has 0 aliphatic heterocycles. The maximum Gasteiger partial charge on any atom is 0.317 e. The Balaban J connectivity index is 4.80. The number of aliphatic carboxylic acids is 1. The van der Waals surface area contributed by atoms with Crippen LogP contribution in [0.15, 0.2) is 25.3 Å². The van der Waals surface area contributed by atoms with Crippen LogP contribution in [0.25, 0.3) is 0 Å². The quantitative estimate of drug-likeness (QED) is 0.675. The molecule has 0 aliphatic carbocycles. The minimum atomic E-state index is -0.943. The maximum absolute atomic E-state index is 12.2. The Morgan fingerprint density at radius 3 is 1.89 bits per heavy atom. The molecule has 1 N–H and O–H groups in total. The molecule has 0 aromatic heterocycles. The van der Waals surface area contributed by atoms with E-state index in [0.29, 0.717) is 13.1 Å². The average Bonchev–Trinajstić information content (AvgIpc) is 2.26. The third-order valence-electron chi connectivity index (χ3n) is 2.65. The zero-order valence-corrected chi connectivity index (χ0v) is 12.1. The third kappa shape index (κ3) is 6.76. The van der Waals surface area contributed by atoms with E-state index in [-0.39, 0.29) is 24.5 Å². The van der Waals surface area contributed by atoms with Crippen molar-refractivity contribution in [2.45, 2.75) is 26.3 Å². The smallest absolute Gasteiger partial charge is 0.317 e. The van der Waals surface area contributed by atoms with Crippen LogP contribution in [0.5, 0.6) is 0 Å². The molecule has 0 aliphatic rings. The van der Waals surface area contributed by atoms with Crippen LogP contribution < -0.4 is 0 Å². The minimum absolute atomic E-state index is 0.0669. The van der Waals surface area contributed by atoms with Gasteiger partial charge in [0, 0.05) is 18.6 Å². The normalized spacial score (nSPS) is 11.2. The summed E-state index contributed by atoms with van der Waals surface area (Å²) in [6.07, 6.45) is 3.28. The predicted octanol–water partition coefficient (Wildman–Crippen LogP) is 1.37. The fourth-order valence-corrected chi connectivity index (χ4v) is 1.55. The Labute approximate surface area is 115 Å². The van der Waals surface area contributed by atoms with E-state index in [1.54, 1.807) is 22.0 Å². The van der Waals surface area contributed by atoms with E-state index in [1.165, 1.54) is 0 Å². The summed E-state index contributed by atoms with van der Waals surface area (Å²) in [7, 11) is 0. The zero-order valence-electron chi connectivity index (χ0n) is 12.1. The number of amides is 1. The van der Waals surface area contributed by atoms with Crippen LogP contribution >= 0.6 is 0 Å². The number of nitrogens with zero attached hydrogens (tertiary/aromatic N) is 2. The van der Waals surface area contributed by atoms with Gasteiger partial charge < -0.3 is 10.0 Å². The van der Waals surface area contributed by atoms with Gasteiger partial charge in [-0.3, -0.25) is 14.5 Å². The molecule has 0 atom stereocenters. The van der Waals surface area contributed by atoms with Gasteiger partial charge in [0.05, 0.1) is 13.1 Å². The summed E-state index contributed by atoms with van der Waals surface area (Å²) in [4.78, 5) is 26.2. The lowest BCUT2D eigenvalue weighted by molar-refractivity contribution is -0.141. The predicted molar refractivity (Wildman–Crippen MR) is 75.9 cm³/mol. The second-order valence-corrected chi connectivity index (χ2v) is 5.30. The molecule has 0 fully saturated rings. The zero-order chi connectivity index (χ0) is 15.1. The van der Waals surface area contributed by atoms with Crippen LogP contribution in [0.3, 0.4) is 0 Å². The van der Waals surface area contributed by atoms with Gasteiger partial charge in [-0.1, -0.05) is 12.2 Å². The molecule has 0 aromatic rings. The molecule has 108 valence electrons. The number of carbonyl (C=O) groups excluding carboxylic acids is 1. The third-order valence-corrected chi connectivity index (χ3v) is 2.65. The molecule has 0 unspecified atom stereocenters. The van der Waals surface area contributed by atoms with Gasteiger partial charge >= 0.3 is 5.97 Å². The summed E-state index contributed by atoms with van der Waals surface area (Å²) >= 11 is 0. The Hall–Kier alpha value is -1.62. The van der Waals surface area contributed by atoms with Crippen molar-refractivity contribution >= 4 is 11.9 Å². The highest BCUT2D eigenvalue weighted by Crippen LogP contribution is 2.13. The molecule has 5 heteroatoms. The van der Waals surface area contributed by atoms with Gasteiger partial charge in [0.25, 0.3) is 0 Å². The number of hydrogen-bond acceptors (Lipinski definition) is 3. The van der Waals surface area contributed by atoms with Crippen molar-refractivity contribution in [2.75, 3.05) is 26.2 Å². The molecular weight excluding hydrogens is 244 g/mol. The number of rotatable bonds is 8. The first-order valence-electron chi connectivity index (χ1n) is 6.18. The van der Waals surface area contributed by atoms with E-state index in [4.69, 9.17) is 5.11 Å². The highest BCUT2D eigenvalue weighted by molar-refractivity contribution is 5.79. The fraction of sp³-hybridized carbons (Fsp3) is 0.571. The van der Waals surface area contributed by atoms with Crippen LogP contribution in [-0.4, -0.2) is 58.5 Å². The lowest BCUT2D eigenvalue weighted by atomic mass is 10.1. The van der Waals surface area contributed by atoms with Crippen LogP contribution in [0.1, 0.15) is 20.8 Å². The summed E-state index contributed by atoms with van der Waals surface area (Å²) < 4.78 is 0. The van der Waals surface area contributed by atoms with Crippen molar-refractivity contribution in [1.29, 1.82) is 0 Å². The molecule has 5 nitrogen and oxygen atoms in total. The Morgan fingerprint density at radius 1 is 1.11 bits per heavy atom. The van der Waals surface area contributed by atoms with Gasteiger partial charge in [-0.25, -0.2) is 0 Å². The van der Waals surface area contributed by atoms with Crippen molar-refractivity contribution in [2.24, 2.45) is 0 Å². The lowest BCUT2D eigenvalue weighted by Crippen LogP contribution is -2.50. The SMILES string of the molecule is C=CCN(CC=C)C(=O)CN(CC(=O)O)C(C)(C)C. The summed E-state index contributed by atoms with van der Waals surface area (Å²) in [5, 5.41) is 8.91. The van der Waals surface area contributed by atoms with E-state index >= 15 is 0 Å². The Bertz CT molecular complexity index is 335. The van der Waals surface area contributed by atoms with E-state index in [0.717, 1.165) is 0 Å². The van der Waals surface area contributed by atoms with Gasteiger partial charge in [0.15, 0.2) is 0 Å². The topological polar surface area (TPSA) is 60.9 Å². The fourth-order valence-electron chi connectivity index (χ4n) is 1.55. The second kappa shape index (κ2) is 7.74. The monoisotopic (exact) mass is 268 g/mol. The highest BCUT2D eigenvalue weighted by atomic mass is 16.4. The Kier molecular flexibility index (Phi) is 7.08. The molecule has 0 saturated carbocycles. The summed E-state index contributed by atoms with van der Waals surface area (Å²) in [6.45, 7) is 13.6. The van der Waals surface area contributed by atoms with Crippen molar-refractivity contribution < 1.29 is 14.7 Å². The van der Waals surface area contributed by atoms with Gasteiger partial charge in [-0.15, -0.1) is 13.2 Å². The van der Waals surface area contributed by atoms with Crippen molar-refractivity contribution in [1.82, 2.24) is 9.80 Å². The van der Waals surface area contributed by atoms with Crippen LogP contribution in [0, 0.1) is 0 Å². The molecule has 0 saturated heterocycles. The largest absolute Gasteiger partial charge is 0.480 e. The standard InChI is InChI=1S/C14H24N2O3/c1-6-8-15(9-7-2)12(17)10-16(11-13(18)19)14(3,4)5/h6-7H,1-2,8-11H2,3-5H3,(H,18,19). The average molecular weight is 268 g/mol. The molecular formula is C14H24N2O3. The molecule has 0 aromatic carbocycles. The number of hydrogen-bond donors (Lipinski definition) is 1. The second-order valence-electron chi connectivity index (χ2n) is 5.30. The number of carboxylic acids is 1. The van der Waals surface area contributed by atoms with Crippen LogP contribution in [0.4, 0.5) is 0 Å². The maximum atomic E-state index is 12.2. The van der Waals surface area contributed by atoms with Gasteiger partial charge in [0.1, 0.15) is 0 Å². The van der Waals surface area contributed by atoms with E-state index in [9.17, 15) is 9.59 Å². The molecule has 1 amide bonds. The number of carbonyl (C=O) groups is 2. The number of carboxylic acid groups (broad SMARTS) is 1. The lowest BCUT2D eigenvalue weighted by Gasteiger charge is -2.35. The van der Waals surface area contributed by atoms with Crippen LogP contribution in [0.2, 0.25) is 0 Å². The first-order valence-corrected chi connectivity index (χ1v) is 6.18. The van der Waals surface area contributed by atoms with E-state index < -0.39 is 5.97 Å². The van der Waals surface area contributed by atoms with E-state index in [1.807, 2.05) is 20.8 Å². The first-order chi connectivity index (χ1) is 8.72. The molecule has 0 spiro atoms.